The molecule has 0 atom stereocenters. The maximum Gasteiger partial charge on any atom is 0.248 e. The first-order chi connectivity index (χ1) is 15.0. The van der Waals surface area contributed by atoms with Crippen LogP contribution in [0.2, 0.25) is 10.0 Å². The summed E-state index contributed by atoms with van der Waals surface area (Å²) in [7, 11) is 1.58. The molecule has 0 saturated carbocycles. The van der Waals surface area contributed by atoms with Crippen molar-refractivity contribution in [3.63, 3.8) is 0 Å². The fourth-order valence-electron chi connectivity index (χ4n) is 3.34. The highest BCUT2D eigenvalue weighted by Gasteiger charge is 2.16. The lowest BCUT2D eigenvalue weighted by molar-refractivity contribution is -0.111. The van der Waals surface area contributed by atoms with Crippen LogP contribution in [0.5, 0.6) is 5.75 Å². The highest BCUT2D eigenvalue weighted by molar-refractivity contribution is 6.36. The summed E-state index contributed by atoms with van der Waals surface area (Å²) in [6, 6.07) is 12.6. The number of nitrogens with zero attached hydrogens (tertiary/aromatic N) is 1. The van der Waals surface area contributed by atoms with Gasteiger partial charge >= 0.3 is 0 Å². The lowest BCUT2D eigenvalue weighted by atomic mass is 9.99. The molecule has 0 radical (unpaired) electrons. The number of fused-ring (bicyclic) bond motifs is 1. The molecule has 0 unspecified atom stereocenters. The molecule has 0 aliphatic heterocycles. The average Bonchev–Trinajstić information content (AvgIpc) is 3.16. The molecule has 0 bridgehead atoms. The zero-order chi connectivity index (χ0) is 22.0. The van der Waals surface area contributed by atoms with Crippen molar-refractivity contribution in [1.82, 2.24) is 4.98 Å². The first-order valence-electron chi connectivity index (χ1n) is 9.40. The number of hydrogen-bond donors (Lipinski definition) is 1. The largest absolute Gasteiger partial charge is 0.496 e. The Hall–Kier alpha value is -3.28. The van der Waals surface area contributed by atoms with Gasteiger partial charge in [-0.1, -0.05) is 29.3 Å². The molecule has 4 rings (SSSR count). The number of nitrogens with one attached hydrogen (secondary N) is 1. The van der Waals surface area contributed by atoms with Crippen molar-refractivity contribution in [3.8, 4) is 16.9 Å². The predicted octanol–water partition coefficient (Wildman–Crippen LogP) is 6.85. The third-order valence-electron chi connectivity index (χ3n) is 4.82. The second-order valence-corrected chi connectivity index (χ2v) is 7.72. The summed E-state index contributed by atoms with van der Waals surface area (Å²) in [4.78, 5) is 16.5. The van der Waals surface area contributed by atoms with Crippen molar-refractivity contribution >= 4 is 51.3 Å². The van der Waals surface area contributed by atoms with E-state index in [2.05, 4.69) is 10.3 Å². The van der Waals surface area contributed by atoms with E-state index < -0.39 is 0 Å². The molecule has 7 heteroatoms. The van der Waals surface area contributed by atoms with Crippen LogP contribution < -0.4 is 10.1 Å². The monoisotopic (exact) mass is 452 g/mol. The van der Waals surface area contributed by atoms with Gasteiger partial charge in [0.2, 0.25) is 5.91 Å². The molecule has 0 aliphatic carbocycles. The number of furan rings is 1. The Kier molecular flexibility index (Phi) is 5.98. The highest BCUT2D eigenvalue weighted by atomic mass is 35.5. The van der Waals surface area contributed by atoms with Gasteiger partial charge in [0, 0.05) is 45.4 Å². The average molecular weight is 453 g/mol. The number of halogens is 2. The van der Waals surface area contributed by atoms with Gasteiger partial charge in [-0.05, 0) is 42.8 Å². The van der Waals surface area contributed by atoms with Crippen LogP contribution in [-0.2, 0) is 4.79 Å². The summed E-state index contributed by atoms with van der Waals surface area (Å²) in [6.07, 6.45) is 6.40. The van der Waals surface area contributed by atoms with E-state index >= 15 is 0 Å². The molecular weight excluding hydrogens is 435 g/mol. The van der Waals surface area contributed by atoms with Crippen LogP contribution in [-0.4, -0.2) is 18.0 Å². The molecule has 5 nitrogen and oxygen atoms in total. The summed E-state index contributed by atoms with van der Waals surface area (Å²) in [5.74, 6) is 0.333. The summed E-state index contributed by atoms with van der Waals surface area (Å²) < 4.78 is 11.3. The van der Waals surface area contributed by atoms with E-state index in [9.17, 15) is 4.79 Å². The topological polar surface area (TPSA) is 64.4 Å². The van der Waals surface area contributed by atoms with E-state index in [1.165, 1.54) is 6.08 Å². The number of carbonyl (C=O) groups is 1. The second-order valence-electron chi connectivity index (χ2n) is 6.88. The zero-order valence-electron chi connectivity index (χ0n) is 16.8. The SMILES string of the molecule is COc1cc2occ(-c3ccc(Cl)cc3Cl)c2cc1/C(C)=C/C(=O)Nc1cccnc1. The number of ether oxygens (including phenoxy) is 1. The molecule has 1 N–H and O–H groups in total. The van der Waals surface area contributed by atoms with Crippen LogP contribution in [0.1, 0.15) is 12.5 Å². The Labute approximate surface area is 189 Å². The summed E-state index contributed by atoms with van der Waals surface area (Å²) in [6.45, 7) is 1.85. The highest BCUT2D eigenvalue weighted by Crippen LogP contribution is 2.40. The molecule has 4 aromatic rings. The van der Waals surface area contributed by atoms with Crippen LogP contribution in [0.25, 0.3) is 27.7 Å². The van der Waals surface area contributed by atoms with Crippen LogP contribution in [0.3, 0.4) is 0 Å². The number of allylic oxidation sites excluding steroid dienone is 1. The minimum atomic E-state index is -0.263. The number of aromatic nitrogens is 1. The van der Waals surface area contributed by atoms with E-state index in [4.69, 9.17) is 32.4 Å². The van der Waals surface area contributed by atoms with E-state index in [1.807, 2.05) is 19.1 Å². The van der Waals surface area contributed by atoms with Gasteiger partial charge < -0.3 is 14.5 Å². The first kappa shape index (κ1) is 21.0. The maximum atomic E-state index is 12.5. The number of anilines is 1. The molecule has 156 valence electrons. The molecule has 2 aromatic heterocycles. The van der Waals surface area contributed by atoms with Gasteiger partial charge in [0.1, 0.15) is 11.3 Å². The quantitative estimate of drug-likeness (QED) is 0.336. The van der Waals surface area contributed by atoms with E-state index in [1.54, 1.807) is 56.1 Å². The van der Waals surface area contributed by atoms with Crippen LogP contribution in [0.15, 0.2) is 71.6 Å². The molecule has 0 saturated heterocycles. The predicted molar refractivity (Wildman–Crippen MR) is 125 cm³/mol. The van der Waals surface area contributed by atoms with Crippen molar-refractivity contribution in [2.75, 3.05) is 12.4 Å². The van der Waals surface area contributed by atoms with Crippen LogP contribution in [0, 0.1) is 0 Å². The molecule has 1 amide bonds. The molecule has 2 aromatic carbocycles. The maximum absolute atomic E-state index is 12.5. The fourth-order valence-corrected chi connectivity index (χ4v) is 3.85. The van der Waals surface area contributed by atoms with Gasteiger partial charge in [-0.15, -0.1) is 0 Å². The number of benzene rings is 2. The van der Waals surface area contributed by atoms with Crippen molar-refractivity contribution < 1.29 is 13.9 Å². The summed E-state index contributed by atoms with van der Waals surface area (Å²) in [5.41, 5.74) is 4.39. The third-order valence-corrected chi connectivity index (χ3v) is 5.37. The number of hydrogen-bond acceptors (Lipinski definition) is 4. The number of carbonyl (C=O) groups excluding carboxylic acids is 1. The Balaban J connectivity index is 1.75. The minimum Gasteiger partial charge on any atom is -0.496 e. The number of pyridine rings is 1. The third kappa shape index (κ3) is 4.43. The van der Waals surface area contributed by atoms with Crippen molar-refractivity contribution in [2.45, 2.75) is 6.92 Å². The molecule has 0 aliphatic rings. The lowest BCUT2D eigenvalue weighted by Crippen LogP contribution is -2.08. The lowest BCUT2D eigenvalue weighted by Gasteiger charge is -2.10. The molecular formula is C24H18Cl2N2O3. The minimum absolute atomic E-state index is 0.263. The Morgan fingerprint density at radius 1 is 1.16 bits per heavy atom. The van der Waals surface area contributed by atoms with E-state index in [0.29, 0.717) is 27.1 Å². The molecule has 2 heterocycles. The van der Waals surface area contributed by atoms with Gasteiger partial charge in [0.25, 0.3) is 0 Å². The Morgan fingerprint density at radius 2 is 2.00 bits per heavy atom. The smallest absolute Gasteiger partial charge is 0.248 e. The normalized spacial score (nSPS) is 11.5. The van der Waals surface area contributed by atoms with Gasteiger partial charge in [0.05, 0.1) is 30.3 Å². The zero-order valence-corrected chi connectivity index (χ0v) is 18.3. The Morgan fingerprint density at radius 3 is 2.71 bits per heavy atom. The summed E-state index contributed by atoms with van der Waals surface area (Å²) in [5, 5.41) is 4.72. The van der Waals surface area contributed by atoms with Crippen LogP contribution >= 0.6 is 23.2 Å². The van der Waals surface area contributed by atoms with Crippen molar-refractivity contribution in [1.29, 1.82) is 0 Å². The molecule has 31 heavy (non-hydrogen) atoms. The van der Waals surface area contributed by atoms with Gasteiger partial charge in [-0.2, -0.15) is 0 Å². The van der Waals surface area contributed by atoms with Crippen molar-refractivity contribution in [3.05, 3.63) is 82.8 Å². The van der Waals surface area contributed by atoms with Gasteiger partial charge in [-0.25, -0.2) is 0 Å². The number of methoxy groups -OCH3 is 1. The first-order valence-corrected chi connectivity index (χ1v) is 10.2. The Bertz CT molecular complexity index is 1300. The van der Waals surface area contributed by atoms with Crippen molar-refractivity contribution in [2.24, 2.45) is 0 Å². The van der Waals surface area contributed by atoms with E-state index in [0.717, 1.165) is 27.6 Å². The summed E-state index contributed by atoms with van der Waals surface area (Å²) >= 11 is 12.4. The number of amides is 1. The fraction of sp³-hybridized carbons (Fsp3) is 0.0833. The number of rotatable bonds is 5. The van der Waals surface area contributed by atoms with E-state index in [-0.39, 0.29) is 5.91 Å². The molecule has 0 fully saturated rings. The molecule has 0 spiro atoms. The standard InChI is InChI=1S/C24H18Cl2N2O3/c1-14(8-24(29)28-16-4-3-7-27-12-16)18-10-19-20(13-31-23(19)11-22(18)30-2)17-6-5-15(25)9-21(17)26/h3-13H,1-2H3,(H,28,29)/b14-8+. The van der Waals surface area contributed by atoms with Crippen LogP contribution in [0.4, 0.5) is 5.69 Å². The van der Waals surface area contributed by atoms with Gasteiger partial charge in [0.15, 0.2) is 0 Å². The second kappa shape index (κ2) is 8.84. The van der Waals surface area contributed by atoms with Gasteiger partial charge in [-0.3, -0.25) is 9.78 Å².